The number of methoxy groups -OCH3 is 1. The van der Waals surface area contributed by atoms with Gasteiger partial charge in [0.2, 0.25) is 0 Å². The Morgan fingerprint density at radius 3 is 2.36 bits per heavy atom. The van der Waals surface area contributed by atoms with Gasteiger partial charge in [-0.3, -0.25) is 0 Å². The number of carboxylic acids is 1. The number of benzene rings is 2. The number of carboxylic acid groups (broad SMARTS) is 1. The molecule has 0 fully saturated rings. The van der Waals surface area contributed by atoms with Crippen molar-refractivity contribution in [2.75, 3.05) is 7.11 Å². The zero-order valence-corrected chi connectivity index (χ0v) is 12.9. The fourth-order valence-electron chi connectivity index (χ4n) is 1.68. The molecule has 6 nitrogen and oxygen atoms in total. The van der Waals surface area contributed by atoms with Crippen LogP contribution in [0.4, 0.5) is 0 Å². The van der Waals surface area contributed by atoms with Crippen LogP contribution in [-0.2, 0) is 10.1 Å². The normalized spacial score (nSPS) is 11.0. The average Bonchev–Trinajstić information content (AvgIpc) is 2.47. The Morgan fingerprint density at radius 2 is 1.77 bits per heavy atom. The van der Waals surface area contributed by atoms with Gasteiger partial charge in [-0.2, -0.15) is 8.42 Å². The van der Waals surface area contributed by atoms with Gasteiger partial charge in [-0.05, 0) is 30.3 Å². The SMILES string of the molecule is COc1ccccc1OS(=O)(=O)c1cc(C(=O)O)ccc1Cl. The molecule has 2 aromatic rings. The molecule has 0 aliphatic rings. The van der Waals surface area contributed by atoms with Gasteiger partial charge in [0.15, 0.2) is 11.5 Å². The maximum Gasteiger partial charge on any atom is 0.340 e. The Kier molecular flexibility index (Phi) is 4.58. The van der Waals surface area contributed by atoms with Gasteiger partial charge in [0.25, 0.3) is 0 Å². The Balaban J connectivity index is 2.47. The molecule has 116 valence electrons. The highest BCUT2D eigenvalue weighted by molar-refractivity contribution is 7.87. The number of hydrogen-bond acceptors (Lipinski definition) is 5. The quantitative estimate of drug-likeness (QED) is 0.840. The second kappa shape index (κ2) is 6.25. The van der Waals surface area contributed by atoms with Crippen LogP contribution < -0.4 is 8.92 Å². The summed E-state index contributed by atoms with van der Waals surface area (Å²) in [5.74, 6) is -1.08. The molecular weight excluding hydrogens is 332 g/mol. The Bertz CT molecular complexity index is 816. The van der Waals surface area contributed by atoms with E-state index in [1.54, 1.807) is 12.1 Å². The number of halogens is 1. The molecule has 8 heteroatoms. The number of rotatable bonds is 5. The smallest absolute Gasteiger partial charge is 0.340 e. The van der Waals surface area contributed by atoms with Gasteiger partial charge >= 0.3 is 16.1 Å². The largest absolute Gasteiger partial charge is 0.493 e. The van der Waals surface area contributed by atoms with Crippen LogP contribution in [0.25, 0.3) is 0 Å². The Hall–Kier alpha value is -2.25. The summed E-state index contributed by atoms with van der Waals surface area (Å²) in [6, 6.07) is 9.48. The molecule has 0 bridgehead atoms. The topological polar surface area (TPSA) is 89.9 Å². The summed E-state index contributed by atoms with van der Waals surface area (Å²) in [5.41, 5.74) is -0.216. The number of aromatic carboxylic acids is 1. The third-order valence-electron chi connectivity index (χ3n) is 2.72. The van der Waals surface area contributed by atoms with E-state index < -0.39 is 21.0 Å². The number of carbonyl (C=O) groups is 1. The third kappa shape index (κ3) is 3.32. The van der Waals surface area contributed by atoms with Gasteiger partial charge < -0.3 is 14.0 Å². The van der Waals surface area contributed by atoms with Crippen molar-refractivity contribution in [2.45, 2.75) is 4.90 Å². The number of hydrogen-bond donors (Lipinski definition) is 1. The first-order valence-electron chi connectivity index (χ1n) is 5.95. The van der Waals surface area contributed by atoms with E-state index in [4.69, 9.17) is 25.6 Å². The lowest BCUT2D eigenvalue weighted by Gasteiger charge is -2.11. The summed E-state index contributed by atoms with van der Waals surface area (Å²) in [7, 11) is -2.94. The lowest BCUT2D eigenvalue weighted by molar-refractivity contribution is 0.0696. The number of para-hydroxylation sites is 2. The monoisotopic (exact) mass is 342 g/mol. The second-order valence-electron chi connectivity index (χ2n) is 4.14. The summed E-state index contributed by atoms with van der Waals surface area (Å²) >= 11 is 5.84. The van der Waals surface area contributed by atoms with E-state index >= 15 is 0 Å². The maximum absolute atomic E-state index is 12.3. The summed E-state index contributed by atoms with van der Waals surface area (Å²) in [5, 5.41) is 8.80. The van der Waals surface area contributed by atoms with Crippen LogP contribution in [0, 0.1) is 0 Å². The first-order chi connectivity index (χ1) is 10.3. The molecule has 0 aromatic heterocycles. The predicted octanol–water partition coefficient (Wildman–Crippen LogP) is 2.81. The zero-order valence-electron chi connectivity index (χ0n) is 11.3. The van der Waals surface area contributed by atoms with Gasteiger partial charge in [0.1, 0.15) is 4.90 Å². The number of ether oxygens (including phenoxy) is 1. The second-order valence-corrected chi connectivity index (χ2v) is 6.06. The zero-order chi connectivity index (χ0) is 16.3. The van der Waals surface area contributed by atoms with E-state index in [2.05, 4.69) is 0 Å². The molecule has 1 N–H and O–H groups in total. The van der Waals surface area contributed by atoms with Crippen molar-refractivity contribution in [2.24, 2.45) is 0 Å². The molecule has 2 rings (SSSR count). The summed E-state index contributed by atoms with van der Waals surface area (Å²) < 4.78 is 34.6. The summed E-state index contributed by atoms with van der Waals surface area (Å²) in [6.45, 7) is 0. The van der Waals surface area contributed by atoms with E-state index in [1.807, 2.05) is 0 Å². The van der Waals surface area contributed by atoms with Crippen LogP contribution in [0.15, 0.2) is 47.4 Å². The minimum Gasteiger partial charge on any atom is -0.493 e. The van der Waals surface area contributed by atoms with Gasteiger partial charge in [0, 0.05) is 0 Å². The van der Waals surface area contributed by atoms with Gasteiger partial charge in [-0.15, -0.1) is 0 Å². The van der Waals surface area contributed by atoms with Crippen LogP contribution >= 0.6 is 11.6 Å². The van der Waals surface area contributed by atoms with Crippen molar-refractivity contribution >= 4 is 27.7 Å². The van der Waals surface area contributed by atoms with Gasteiger partial charge in [-0.1, -0.05) is 23.7 Å². The van der Waals surface area contributed by atoms with Crippen LogP contribution in [0.1, 0.15) is 10.4 Å². The molecule has 22 heavy (non-hydrogen) atoms. The van der Waals surface area contributed by atoms with Crippen LogP contribution in [0.3, 0.4) is 0 Å². The van der Waals surface area contributed by atoms with E-state index in [9.17, 15) is 13.2 Å². The summed E-state index contributed by atoms with van der Waals surface area (Å²) in [4.78, 5) is 10.5. The lowest BCUT2D eigenvalue weighted by atomic mass is 10.2. The van der Waals surface area contributed by atoms with Gasteiger partial charge in [-0.25, -0.2) is 4.79 Å². The van der Waals surface area contributed by atoms with Crippen LogP contribution in [0.5, 0.6) is 11.5 Å². The maximum atomic E-state index is 12.3. The first kappa shape index (κ1) is 16.1. The summed E-state index contributed by atoms with van der Waals surface area (Å²) in [6.07, 6.45) is 0. The Morgan fingerprint density at radius 1 is 1.14 bits per heavy atom. The van der Waals surface area contributed by atoms with E-state index in [-0.39, 0.29) is 22.1 Å². The molecule has 0 spiro atoms. The van der Waals surface area contributed by atoms with Crippen molar-refractivity contribution in [1.82, 2.24) is 0 Å². The molecule has 0 saturated carbocycles. The van der Waals surface area contributed by atoms with Crippen LogP contribution in [-0.4, -0.2) is 26.6 Å². The fourth-order valence-corrected chi connectivity index (χ4v) is 3.12. The van der Waals surface area contributed by atoms with Crippen molar-refractivity contribution in [1.29, 1.82) is 0 Å². The highest BCUT2D eigenvalue weighted by Gasteiger charge is 2.23. The fraction of sp³-hybridized carbons (Fsp3) is 0.0714. The average molecular weight is 343 g/mol. The molecule has 0 saturated heterocycles. The van der Waals surface area contributed by atoms with E-state index in [0.717, 1.165) is 6.07 Å². The Labute approximate surface area is 132 Å². The van der Waals surface area contributed by atoms with Crippen molar-refractivity contribution < 1.29 is 27.2 Å². The molecule has 0 aliphatic heterocycles. The van der Waals surface area contributed by atoms with Crippen LogP contribution in [0.2, 0.25) is 5.02 Å². The van der Waals surface area contributed by atoms with Gasteiger partial charge in [0.05, 0.1) is 17.7 Å². The minimum atomic E-state index is -4.31. The molecule has 0 radical (unpaired) electrons. The highest BCUT2D eigenvalue weighted by Crippen LogP contribution is 2.31. The molecule has 0 amide bonds. The standard InChI is InChI=1S/C14H11ClO6S/c1-20-11-4-2-3-5-12(11)21-22(18,19)13-8-9(14(16)17)6-7-10(13)15/h2-8H,1H3,(H,16,17). The van der Waals surface area contributed by atoms with E-state index in [0.29, 0.717) is 0 Å². The van der Waals surface area contributed by atoms with Crippen molar-refractivity contribution in [3.05, 3.63) is 53.1 Å². The molecule has 0 atom stereocenters. The van der Waals surface area contributed by atoms with E-state index in [1.165, 1.54) is 31.4 Å². The molecule has 0 unspecified atom stereocenters. The molecule has 0 heterocycles. The lowest BCUT2D eigenvalue weighted by Crippen LogP contribution is -2.12. The molecule has 0 aliphatic carbocycles. The highest BCUT2D eigenvalue weighted by atomic mass is 35.5. The molecular formula is C14H11ClO6S. The van der Waals surface area contributed by atoms with Crippen molar-refractivity contribution in [3.63, 3.8) is 0 Å². The first-order valence-corrected chi connectivity index (χ1v) is 7.74. The third-order valence-corrected chi connectivity index (χ3v) is 4.43. The predicted molar refractivity (Wildman–Crippen MR) is 79.2 cm³/mol. The molecule has 2 aromatic carbocycles. The van der Waals surface area contributed by atoms with Crippen molar-refractivity contribution in [3.8, 4) is 11.5 Å². The minimum absolute atomic E-state index is 0.0261.